The van der Waals surface area contributed by atoms with Crippen LogP contribution in [0, 0.1) is 0 Å². The van der Waals surface area contributed by atoms with Crippen LogP contribution in [0.1, 0.15) is 43.2 Å². The average Bonchev–Trinajstić information content (AvgIpc) is 3.44. The number of hydrogen-bond donors (Lipinski definition) is 1. The van der Waals surface area contributed by atoms with E-state index in [2.05, 4.69) is 69.5 Å². The zero-order valence-electron chi connectivity index (χ0n) is 17.3. The van der Waals surface area contributed by atoms with Gasteiger partial charge in [0.1, 0.15) is 5.82 Å². The van der Waals surface area contributed by atoms with Crippen LogP contribution in [0.3, 0.4) is 0 Å². The van der Waals surface area contributed by atoms with Crippen molar-refractivity contribution in [3.8, 4) is 0 Å². The molecule has 156 valence electrons. The van der Waals surface area contributed by atoms with Gasteiger partial charge in [-0.1, -0.05) is 30.3 Å². The Balaban J connectivity index is 0.00000240. The molecule has 1 atom stereocenters. The Morgan fingerprint density at radius 3 is 2.69 bits per heavy atom. The van der Waals surface area contributed by atoms with E-state index >= 15 is 0 Å². The van der Waals surface area contributed by atoms with Crippen LogP contribution >= 0.6 is 24.0 Å². The molecule has 1 unspecified atom stereocenters. The highest BCUT2D eigenvalue weighted by Gasteiger charge is 2.25. The summed E-state index contributed by atoms with van der Waals surface area (Å²) in [5.74, 6) is 2.72. The minimum Gasteiger partial charge on any atom is -0.357 e. The summed E-state index contributed by atoms with van der Waals surface area (Å²) in [5.41, 5.74) is 2.66. The number of likely N-dealkylation sites (tertiary alicyclic amines) is 1. The van der Waals surface area contributed by atoms with Gasteiger partial charge in [-0.25, -0.2) is 9.98 Å². The van der Waals surface area contributed by atoms with E-state index in [1.165, 1.54) is 30.4 Å². The van der Waals surface area contributed by atoms with Crippen LogP contribution in [0.2, 0.25) is 0 Å². The van der Waals surface area contributed by atoms with Gasteiger partial charge in [0.2, 0.25) is 0 Å². The first-order valence-corrected chi connectivity index (χ1v) is 10.6. The highest BCUT2D eigenvalue weighted by molar-refractivity contribution is 14.0. The summed E-state index contributed by atoms with van der Waals surface area (Å²) in [6.07, 6.45) is 5.65. The second-order valence-electron chi connectivity index (χ2n) is 7.73. The Morgan fingerprint density at radius 1 is 1.14 bits per heavy atom. The fraction of sp³-hybridized carbons (Fsp3) is 0.478. The third-order valence-electron chi connectivity index (χ3n) is 5.75. The van der Waals surface area contributed by atoms with Crippen molar-refractivity contribution in [3.63, 3.8) is 0 Å². The van der Waals surface area contributed by atoms with E-state index < -0.39 is 0 Å². The molecule has 2 saturated heterocycles. The molecule has 4 rings (SSSR count). The summed E-state index contributed by atoms with van der Waals surface area (Å²) in [5, 5.41) is 3.49. The van der Waals surface area contributed by atoms with Crippen LogP contribution in [-0.4, -0.2) is 48.6 Å². The van der Waals surface area contributed by atoms with E-state index in [1.807, 2.05) is 6.20 Å². The van der Waals surface area contributed by atoms with Crippen molar-refractivity contribution >= 4 is 35.8 Å². The number of nitrogens with zero attached hydrogens (tertiary/aromatic N) is 4. The number of anilines is 1. The van der Waals surface area contributed by atoms with Crippen molar-refractivity contribution in [2.24, 2.45) is 4.99 Å². The topological polar surface area (TPSA) is 43.8 Å². The second kappa shape index (κ2) is 10.8. The summed E-state index contributed by atoms with van der Waals surface area (Å²) < 4.78 is 0. The number of aliphatic imine (C=N–C) groups is 1. The lowest BCUT2D eigenvalue weighted by Crippen LogP contribution is -2.40. The number of aromatic nitrogens is 1. The SMILES string of the molecule is CCNC(=NCc1ccnc(N2CCCC2)c1)N1CCC(c2ccccc2)C1.I. The fourth-order valence-electron chi connectivity index (χ4n) is 4.22. The molecule has 2 aromatic rings. The van der Waals surface area contributed by atoms with Crippen LogP contribution < -0.4 is 10.2 Å². The summed E-state index contributed by atoms with van der Waals surface area (Å²) in [7, 11) is 0. The number of benzene rings is 1. The third kappa shape index (κ3) is 5.62. The molecular formula is C23H32IN5. The first-order valence-electron chi connectivity index (χ1n) is 10.6. The molecule has 0 saturated carbocycles. The number of hydrogen-bond acceptors (Lipinski definition) is 3. The molecule has 5 nitrogen and oxygen atoms in total. The van der Waals surface area contributed by atoms with Gasteiger partial charge >= 0.3 is 0 Å². The Bertz CT molecular complexity index is 789. The molecule has 1 aromatic heterocycles. The summed E-state index contributed by atoms with van der Waals surface area (Å²) in [4.78, 5) is 14.3. The van der Waals surface area contributed by atoms with Gasteiger partial charge in [-0.05, 0) is 49.4 Å². The smallest absolute Gasteiger partial charge is 0.194 e. The van der Waals surface area contributed by atoms with Gasteiger partial charge < -0.3 is 15.1 Å². The highest BCUT2D eigenvalue weighted by atomic mass is 127. The Hall–Kier alpha value is -1.83. The van der Waals surface area contributed by atoms with Crippen molar-refractivity contribution in [2.45, 2.75) is 38.6 Å². The van der Waals surface area contributed by atoms with Gasteiger partial charge in [0.15, 0.2) is 5.96 Å². The molecule has 0 radical (unpaired) electrons. The quantitative estimate of drug-likeness (QED) is 0.375. The largest absolute Gasteiger partial charge is 0.357 e. The molecule has 2 fully saturated rings. The molecule has 0 spiro atoms. The van der Waals surface area contributed by atoms with Crippen LogP contribution in [0.15, 0.2) is 53.7 Å². The average molecular weight is 505 g/mol. The first kappa shape index (κ1) is 21.9. The summed E-state index contributed by atoms with van der Waals surface area (Å²) in [6.45, 7) is 8.05. The van der Waals surface area contributed by atoms with Crippen LogP contribution in [-0.2, 0) is 6.54 Å². The Labute approximate surface area is 191 Å². The van der Waals surface area contributed by atoms with Gasteiger partial charge in [-0.2, -0.15) is 0 Å². The second-order valence-corrected chi connectivity index (χ2v) is 7.73. The molecule has 1 N–H and O–H groups in total. The van der Waals surface area contributed by atoms with Crippen molar-refractivity contribution < 1.29 is 0 Å². The van der Waals surface area contributed by atoms with Crippen LogP contribution in [0.25, 0.3) is 0 Å². The molecule has 1 aromatic carbocycles. The van der Waals surface area contributed by atoms with Gasteiger partial charge in [-0.15, -0.1) is 24.0 Å². The van der Waals surface area contributed by atoms with E-state index in [9.17, 15) is 0 Å². The van der Waals surface area contributed by atoms with Gasteiger partial charge in [0.25, 0.3) is 0 Å². The number of rotatable bonds is 5. The monoisotopic (exact) mass is 505 g/mol. The predicted molar refractivity (Wildman–Crippen MR) is 131 cm³/mol. The zero-order valence-corrected chi connectivity index (χ0v) is 19.6. The normalized spacial score (nSPS) is 19.3. The van der Waals surface area contributed by atoms with Gasteiger partial charge in [0, 0.05) is 44.8 Å². The molecular weight excluding hydrogens is 473 g/mol. The number of nitrogens with one attached hydrogen (secondary N) is 1. The highest BCUT2D eigenvalue weighted by Crippen LogP contribution is 2.27. The van der Waals surface area contributed by atoms with Crippen molar-refractivity contribution in [1.29, 1.82) is 0 Å². The molecule has 0 bridgehead atoms. The first-order chi connectivity index (χ1) is 13.8. The van der Waals surface area contributed by atoms with Crippen molar-refractivity contribution in [3.05, 3.63) is 59.8 Å². The van der Waals surface area contributed by atoms with Crippen LogP contribution in [0.4, 0.5) is 5.82 Å². The molecule has 29 heavy (non-hydrogen) atoms. The summed E-state index contributed by atoms with van der Waals surface area (Å²) >= 11 is 0. The Kier molecular flexibility index (Phi) is 8.15. The lowest BCUT2D eigenvalue weighted by Gasteiger charge is -2.22. The standard InChI is InChI=1S/C23H31N5.HI/c1-2-24-23(28-15-11-21(18-28)20-8-4-3-5-9-20)26-17-19-10-12-25-22(16-19)27-13-6-7-14-27;/h3-5,8-10,12,16,21H,2,6-7,11,13-15,17-18H2,1H3,(H,24,26);1H. The maximum absolute atomic E-state index is 4.95. The molecule has 0 amide bonds. The molecule has 6 heteroatoms. The van der Waals surface area contributed by atoms with E-state index in [1.54, 1.807) is 0 Å². The molecule has 2 aliphatic heterocycles. The van der Waals surface area contributed by atoms with Gasteiger partial charge in [-0.3, -0.25) is 0 Å². The third-order valence-corrected chi connectivity index (χ3v) is 5.75. The molecule has 0 aliphatic carbocycles. The molecule has 2 aliphatic rings. The lowest BCUT2D eigenvalue weighted by molar-refractivity contribution is 0.486. The number of halogens is 1. The maximum atomic E-state index is 4.95. The van der Waals surface area contributed by atoms with E-state index in [-0.39, 0.29) is 24.0 Å². The number of guanidine groups is 1. The number of pyridine rings is 1. The van der Waals surface area contributed by atoms with Crippen molar-refractivity contribution in [1.82, 2.24) is 15.2 Å². The lowest BCUT2D eigenvalue weighted by atomic mass is 9.99. The zero-order chi connectivity index (χ0) is 19.2. The van der Waals surface area contributed by atoms with E-state index in [0.717, 1.165) is 44.5 Å². The van der Waals surface area contributed by atoms with E-state index in [0.29, 0.717) is 12.5 Å². The van der Waals surface area contributed by atoms with Gasteiger partial charge in [0.05, 0.1) is 6.54 Å². The molecule has 3 heterocycles. The van der Waals surface area contributed by atoms with E-state index in [4.69, 9.17) is 4.99 Å². The van der Waals surface area contributed by atoms with Crippen LogP contribution in [0.5, 0.6) is 0 Å². The fourth-order valence-corrected chi connectivity index (χ4v) is 4.22. The minimum absolute atomic E-state index is 0. The minimum atomic E-state index is 0. The Morgan fingerprint density at radius 2 is 1.93 bits per heavy atom. The predicted octanol–water partition coefficient (Wildman–Crippen LogP) is 4.25. The van der Waals surface area contributed by atoms with Crippen molar-refractivity contribution in [2.75, 3.05) is 37.6 Å². The maximum Gasteiger partial charge on any atom is 0.194 e. The summed E-state index contributed by atoms with van der Waals surface area (Å²) in [6, 6.07) is 15.1.